The molecule has 0 saturated carbocycles. The number of carbonyl (C=O) groups excluding carboxylic acids is 2. The third-order valence-electron chi connectivity index (χ3n) is 7.53. The van der Waals surface area contributed by atoms with Crippen LogP contribution in [-0.4, -0.2) is 71.9 Å². The van der Waals surface area contributed by atoms with Crippen molar-refractivity contribution in [2.45, 2.75) is 82.8 Å². The maximum absolute atomic E-state index is 14.0. The van der Waals surface area contributed by atoms with Crippen LogP contribution in [0.15, 0.2) is 12.1 Å². The van der Waals surface area contributed by atoms with E-state index < -0.39 is 61.5 Å². The van der Waals surface area contributed by atoms with E-state index in [9.17, 15) is 27.6 Å². The number of nitrogens with zero attached hydrogens (tertiary/aromatic N) is 2. The lowest BCUT2D eigenvalue weighted by Gasteiger charge is -2.41. The molecule has 1 unspecified atom stereocenters. The van der Waals surface area contributed by atoms with E-state index in [0.29, 0.717) is 6.42 Å². The minimum atomic E-state index is -4.88. The van der Waals surface area contributed by atoms with Gasteiger partial charge in [0.05, 0.1) is 7.11 Å². The molecule has 9 nitrogen and oxygen atoms in total. The third kappa shape index (κ3) is 7.28. The van der Waals surface area contributed by atoms with Crippen LogP contribution in [0.1, 0.15) is 69.0 Å². The molecule has 0 aliphatic carbocycles. The lowest BCUT2D eigenvalue weighted by molar-refractivity contribution is -0.232. The van der Waals surface area contributed by atoms with Crippen molar-refractivity contribution in [3.05, 3.63) is 23.4 Å². The number of hydrogen-bond donors (Lipinski definition) is 3. The molecule has 1 aromatic heterocycles. The molecular formula is C26H37F3N4O5. The molecule has 212 valence electrons. The van der Waals surface area contributed by atoms with Crippen molar-refractivity contribution >= 4 is 23.8 Å². The van der Waals surface area contributed by atoms with Gasteiger partial charge in [0.25, 0.3) is 0 Å². The standard InChI is InChI=1S/C26H37F3N4O5/c1-38-22(34)20(32-23(35)25(26(27,28)29)13-16-33(17-14-25)24(36)37)10-6-4-2-3-5-9-19-12-11-18-8-7-15-30-21(18)31-19/h11-12,20H,2-10,13-17H2,1H3,(H,30,31)(H,32,35)(H,36,37). The lowest BCUT2D eigenvalue weighted by Crippen LogP contribution is -2.59. The van der Waals surface area contributed by atoms with E-state index >= 15 is 0 Å². The molecule has 1 saturated heterocycles. The number of nitrogens with one attached hydrogen (secondary N) is 2. The maximum Gasteiger partial charge on any atom is 0.407 e. The van der Waals surface area contributed by atoms with Gasteiger partial charge >= 0.3 is 18.2 Å². The van der Waals surface area contributed by atoms with Gasteiger partial charge in [-0.25, -0.2) is 14.6 Å². The number of methoxy groups -OCH3 is 1. The van der Waals surface area contributed by atoms with Crippen LogP contribution in [0.25, 0.3) is 0 Å². The highest BCUT2D eigenvalue weighted by Crippen LogP contribution is 2.46. The number of amides is 2. The predicted molar refractivity (Wildman–Crippen MR) is 134 cm³/mol. The molecule has 2 amide bonds. The summed E-state index contributed by atoms with van der Waals surface area (Å²) in [6, 6.07) is 2.99. The van der Waals surface area contributed by atoms with Gasteiger partial charge in [-0.3, -0.25) is 4.79 Å². The molecule has 3 N–H and O–H groups in total. The van der Waals surface area contributed by atoms with Crippen molar-refractivity contribution in [3.63, 3.8) is 0 Å². The maximum atomic E-state index is 14.0. The molecule has 0 aromatic carbocycles. The van der Waals surface area contributed by atoms with Gasteiger partial charge in [-0.05, 0) is 56.6 Å². The van der Waals surface area contributed by atoms with Crippen LogP contribution in [0.5, 0.6) is 0 Å². The number of hydrogen-bond acceptors (Lipinski definition) is 6. The Morgan fingerprint density at radius 1 is 1.16 bits per heavy atom. The van der Waals surface area contributed by atoms with Gasteiger partial charge in [0.1, 0.15) is 17.3 Å². The minimum Gasteiger partial charge on any atom is -0.467 e. The summed E-state index contributed by atoms with van der Waals surface area (Å²) in [5.41, 5.74) is -0.454. The van der Waals surface area contributed by atoms with Crippen molar-refractivity contribution in [1.82, 2.24) is 15.2 Å². The van der Waals surface area contributed by atoms with Crippen molar-refractivity contribution in [2.24, 2.45) is 5.41 Å². The van der Waals surface area contributed by atoms with Crippen LogP contribution >= 0.6 is 0 Å². The summed E-state index contributed by atoms with van der Waals surface area (Å²) in [7, 11) is 1.12. The number of aromatic nitrogens is 1. The first-order valence-corrected chi connectivity index (χ1v) is 13.2. The van der Waals surface area contributed by atoms with Crippen LogP contribution in [0.2, 0.25) is 0 Å². The van der Waals surface area contributed by atoms with Gasteiger partial charge in [0.2, 0.25) is 5.91 Å². The van der Waals surface area contributed by atoms with Crippen LogP contribution in [0, 0.1) is 5.41 Å². The van der Waals surface area contributed by atoms with E-state index in [2.05, 4.69) is 27.8 Å². The quantitative estimate of drug-likeness (QED) is 0.282. The molecule has 38 heavy (non-hydrogen) atoms. The zero-order chi connectivity index (χ0) is 27.8. The summed E-state index contributed by atoms with van der Waals surface area (Å²) >= 11 is 0. The molecule has 3 heterocycles. The first-order valence-electron chi connectivity index (χ1n) is 13.2. The van der Waals surface area contributed by atoms with E-state index in [0.717, 1.165) is 75.0 Å². The highest BCUT2D eigenvalue weighted by atomic mass is 19.4. The molecule has 1 fully saturated rings. The first-order chi connectivity index (χ1) is 18.1. The number of anilines is 1. The SMILES string of the molecule is COC(=O)C(CCCCCCCc1ccc2c(n1)NCCC2)NC(=O)C1(C(F)(F)F)CCN(C(=O)O)CC1. The fourth-order valence-corrected chi connectivity index (χ4v) is 5.10. The average molecular weight is 543 g/mol. The van der Waals surface area contributed by atoms with Gasteiger partial charge in [0.15, 0.2) is 0 Å². The fraction of sp³-hybridized carbons (Fsp3) is 0.692. The first kappa shape index (κ1) is 29.5. The Morgan fingerprint density at radius 2 is 1.84 bits per heavy atom. The molecule has 12 heteroatoms. The minimum absolute atomic E-state index is 0.158. The Kier molecular flexibility index (Phi) is 10.2. The van der Waals surface area contributed by atoms with E-state index in [1.165, 1.54) is 5.56 Å². The smallest absolute Gasteiger partial charge is 0.407 e. The van der Waals surface area contributed by atoms with Crippen LogP contribution in [0.3, 0.4) is 0 Å². The van der Waals surface area contributed by atoms with Crippen molar-refractivity contribution in [3.8, 4) is 0 Å². The Labute approximate surface area is 220 Å². The van der Waals surface area contributed by atoms with E-state index in [1.807, 2.05) is 0 Å². The molecule has 2 aliphatic heterocycles. The van der Waals surface area contributed by atoms with E-state index in [-0.39, 0.29) is 6.42 Å². The molecule has 3 rings (SSSR count). The number of piperidine rings is 1. The Morgan fingerprint density at radius 3 is 2.50 bits per heavy atom. The lowest BCUT2D eigenvalue weighted by atomic mass is 9.76. The van der Waals surface area contributed by atoms with Gasteiger partial charge in [0, 0.05) is 25.3 Å². The zero-order valence-electron chi connectivity index (χ0n) is 21.7. The fourth-order valence-electron chi connectivity index (χ4n) is 5.10. The zero-order valence-corrected chi connectivity index (χ0v) is 21.7. The van der Waals surface area contributed by atoms with E-state index in [1.54, 1.807) is 0 Å². The van der Waals surface area contributed by atoms with Crippen molar-refractivity contribution < 1.29 is 37.4 Å². The summed E-state index contributed by atoms with van der Waals surface area (Å²) in [5, 5.41) is 14.6. The van der Waals surface area contributed by atoms with Gasteiger partial charge in [-0.15, -0.1) is 0 Å². The summed E-state index contributed by atoms with van der Waals surface area (Å²) < 4.78 is 46.7. The normalized spacial score (nSPS) is 17.6. The number of halogens is 3. The second kappa shape index (κ2) is 13.1. The second-order valence-corrected chi connectivity index (χ2v) is 10.0. The summed E-state index contributed by atoms with van der Waals surface area (Å²) in [4.78, 5) is 41.7. The van der Waals surface area contributed by atoms with Crippen LogP contribution in [0.4, 0.5) is 23.8 Å². The Bertz CT molecular complexity index is 980. The Balaban J connectivity index is 1.45. The number of unbranched alkanes of at least 4 members (excludes halogenated alkanes) is 4. The summed E-state index contributed by atoms with van der Waals surface area (Å²) in [6.45, 7) is 0.113. The van der Waals surface area contributed by atoms with E-state index in [4.69, 9.17) is 9.84 Å². The number of likely N-dealkylation sites (tertiary alicyclic amines) is 1. The number of rotatable bonds is 11. The predicted octanol–water partition coefficient (Wildman–Crippen LogP) is 4.30. The topological polar surface area (TPSA) is 121 Å². The molecular weight excluding hydrogens is 505 g/mol. The largest absolute Gasteiger partial charge is 0.467 e. The molecule has 0 spiro atoms. The Hall–Kier alpha value is -3.05. The number of aryl methyl sites for hydroxylation is 2. The van der Waals surface area contributed by atoms with Crippen LogP contribution < -0.4 is 10.6 Å². The highest BCUT2D eigenvalue weighted by molar-refractivity contribution is 5.89. The molecule has 1 aromatic rings. The van der Waals surface area contributed by atoms with Crippen LogP contribution in [-0.2, 0) is 27.2 Å². The number of carboxylic acid groups (broad SMARTS) is 1. The number of carbonyl (C=O) groups is 3. The summed E-state index contributed by atoms with van der Waals surface area (Å²) in [6.07, 6.45) is -0.378. The number of fused-ring (bicyclic) bond motifs is 1. The molecule has 0 radical (unpaired) electrons. The molecule has 2 aliphatic rings. The van der Waals surface area contributed by atoms with Gasteiger partial charge in [-0.2, -0.15) is 13.2 Å². The highest BCUT2D eigenvalue weighted by Gasteiger charge is 2.61. The number of ether oxygens (including phenoxy) is 1. The molecule has 0 bridgehead atoms. The molecule has 1 atom stereocenters. The number of pyridine rings is 1. The average Bonchev–Trinajstić information content (AvgIpc) is 2.90. The summed E-state index contributed by atoms with van der Waals surface area (Å²) in [5.74, 6) is -1.13. The van der Waals surface area contributed by atoms with Crippen molar-refractivity contribution in [1.29, 1.82) is 0 Å². The monoisotopic (exact) mass is 542 g/mol. The van der Waals surface area contributed by atoms with Gasteiger partial charge in [-0.1, -0.05) is 31.7 Å². The number of alkyl halides is 3. The third-order valence-corrected chi connectivity index (χ3v) is 7.53. The van der Waals surface area contributed by atoms with Crippen molar-refractivity contribution in [2.75, 3.05) is 32.1 Å². The number of esters is 1. The second-order valence-electron chi connectivity index (χ2n) is 10.0. The van der Waals surface area contributed by atoms with Gasteiger partial charge < -0.3 is 25.4 Å².